The minimum absolute atomic E-state index is 0.00891. The number of esters is 2. The summed E-state index contributed by atoms with van der Waals surface area (Å²) in [5, 5.41) is 22.1. The number of phenols is 2. The van der Waals surface area contributed by atoms with Crippen molar-refractivity contribution in [2.75, 3.05) is 0 Å². The molecule has 2 rings (SSSR count). The van der Waals surface area contributed by atoms with Gasteiger partial charge in [-0.2, -0.15) is 0 Å². The topological polar surface area (TPSA) is 127 Å². The van der Waals surface area contributed by atoms with E-state index in [9.17, 15) is 29.4 Å². The molecule has 0 fully saturated rings. The number of unbranched alkanes of at least 4 members (excludes halogenated alkanes) is 3. The van der Waals surface area contributed by atoms with Gasteiger partial charge in [0.2, 0.25) is 5.75 Å². The standard InChI is InChI=1S/C29H35ClO8/c1-4-7-13-20(31)23-25(29(36)37-17-18-11-10-12-19(30)16-18)24(21(32)14-8-5-2)28(27(35)26(23)34)38-22(33)15-9-6-3/h10-12,16,34-35H,4-9,13-15,17H2,1-3H3. The smallest absolute Gasteiger partial charge is 0.340 e. The number of hydrogen-bond donors (Lipinski definition) is 2. The Morgan fingerprint density at radius 2 is 1.37 bits per heavy atom. The van der Waals surface area contributed by atoms with Crippen LogP contribution in [0.25, 0.3) is 0 Å². The number of ketones is 2. The molecule has 0 amide bonds. The summed E-state index contributed by atoms with van der Waals surface area (Å²) in [6.07, 6.45) is 3.29. The molecular formula is C29H35ClO8. The van der Waals surface area contributed by atoms with E-state index >= 15 is 0 Å². The van der Waals surface area contributed by atoms with E-state index in [2.05, 4.69) is 0 Å². The molecule has 2 aromatic carbocycles. The number of hydrogen-bond acceptors (Lipinski definition) is 8. The van der Waals surface area contributed by atoms with Crippen molar-refractivity contribution < 1.29 is 38.9 Å². The molecule has 2 N–H and O–H groups in total. The lowest BCUT2D eigenvalue weighted by Gasteiger charge is -2.20. The minimum atomic E-state index is -1.08. The molecule has 0 aliphatic rings. The number of rotatable bonds is 15. The zero-order valence-electron chi connectivity index (χ0n) is 22.1. The first-order chi connectivity index (χ1) is 18.2. The second-order valence-corrected chi connectivity index (χ2v) is 9.42. The Bertz CT molecular complexity index is 1170. The van der Waals surface area contributed by atoms with Crippen LogP contribution in [0.3, 0.4) is 0 Å². The maximum atomic E-state index is 13.5. The molecule has 0 aliphatic carbocycles. The number of aromatic hydroxyl groups is 2. The fourth-order valence-electron chi connectivity index (χ4n) is 3.80. The zero-order valence-corrected chi connectivity index (χ0v) is 22.9. The quantitative estimate of drug-likeness (QED) is 0.106. The molecular weight excluding hydrogens is 512 g/mol. The van der Waals surface area contributed by atoms with Crippen LogP contribution in [0.2, 0.25) is 5.02 Å². The molecule has 0 bridgehead atoms. The van der Waals surface area contributed by atoms with Crippen LogP contribution < -0.4 is 4.74 Å². The van der Waals surface area contributed by atoms with Crippen molar-refractivity contribution in [3.63, 3.8) is 0 Å². The molecule has 206 valence electrons. The molecule has 0 saturated carbocycles. The summed E-state index contributed by atoms with van der Waals surface area (Å²) in [4.78, 5) is 52.5. The molecule has 0 unspecified atom stereocenters. The molecule has 8 nitrogen and oxygen atoms in total. The highest BCUT2D eigenvalue weighted by atomic mass is 35.5. The van der Waals surface area contributed by atoms with Crippen LogP contribution in [0.1, 0.15) is 115 Å². The number of carbonyl (C=O) groups is 4. The first-order valence-electron chi connectivity index (χ1n) is 13.0. The normalized spacial score (nSPS) is 10.7. The van der Waals surface area contributed by atoms with Crippen LogP contribution in [-0.4, -0.2) is 33.7 Å². The van der Waals surface area contributed by atoms with Gasteiger partial charge in [0.15, 0.2) is 23.1 Å². The summed E-state index contributed by atoms with van der Waals surface area (Å²) in [5.41, 5.74) is -0.949. The van der Waals surface area contributed by atoms with Crippen molar-refractivity contribution in [2.24, 2.45) is 0 Å². The average Bonchev–Trinajstić information content (AvgIpc) is 2.90. The number of halogens is 1. The Labute approximate surface area is 227 Å². The number of Topliss-reactive ketones (excluding diaryl/α,β-unsaturated/α-hetero) is 2. The minimum Gasteiger partial charge on any atom is -0.504 e. The SMILES string of the molecule is CCCCC(=O)Oc1c(O)c(O)c(C(=O)CCCC)c(C(=O)OCc2cccc(Cl)c2)c1C(=O)CCCC. The molecule has 9 heteroatoms. The fourth-order valence-corrected chi connectivity index (χ4v) is 4.01. The van der Waals surface area contributed by atoms with Crippen LogP contribution in [-0.2, 0) is 16.1 Å². The van der Waals surface area contributed by atoms with Crippen LogP contribution in [0.5, 0.6) is 17.2 Å². The fraction of sp³-hybridized carbons (Fsp3) is 0.448. The van der Waals surface area contributed by atoms with Gasteiger partial charge in [-0.15, -0.1) is 0 Å². The molecule has 0 aromatic heterocycles. The van der Waals surface area contributed by atoms with Gasteiger partial charge in [-0.3, -0.25) is 14.4 Å². The summed E-state index contributed by atoms with van der Waals surface area (Å²) in [6, 6.07) is 6.59. The van der Waals surface area contributed by atoms with Gasteiger partial charge in [0, 0.05) is 24.3 Å². The first kappa shape index (κ1) is 30.8. The molecule has 2 aromatic rings. The van der Waals surface area contributed by atoms with E-state index in [1.165, 1.54) is 0 Å². The summed E-state index contributed by atoms with van der Waals surface area (Å²) in [5.74, 6) is -5.64. The van der Waals surface area contributed by atoms with E-state index in [4.69, 9.17) is 21.1 Å². The van der Waals surface area contributed by atoms with Gasteiger partial charge in [0.25, 0.3) is 0 Å². The van der Waals surface area contributed by atoms with Crippen molar-refractivity contribution in [1.82, 2.24) is 0 Å². The van der Waals surface area contributed by atoms with Crippen molar-refractivity contribution in [2.45, 2.75) is 85.2 Å². The van der Waals surface area contributed by atoms with Gasteiger partial charge in [0.05, 0.1) is 16.7 Å². The van der Waals surface area contributed by atoms with Crippen molar-refractivity contribution >= 4 is 35.1 Å². The Morgan fingerprint density at radius 3 is 1.95 bits per heavy atom. The van der Waals surface area contributed by atoms with E-state index in [-0.39, 0.29) is 25.9 Å². The molecule has 38 heavy (non-hydrogen) atoms. The summed E-state index contributed by atoms with van der Waals surface area (Å²) >= 11 is 6.01. The van der Waals surface area contributed by atoms with Gasteiger partial charge >= 0.3 is 11.9 Å². The maximum Gasteiger partial charge on any atom is 0.340 e. The molecule has 0 spiro atoms. The molecule has 0 atom stereocenters. The lowest BCUT2D eigenvalue weighted by molar-refractivity contribution is -0.134. The predicted octanol–water partition coefficient (Wildman–Crippen LogP) is 6.95. The highest BCUT2D eigenvalue weighted by molar-refractivity contribution is 6.30. The lowest BCUT2D eigenvalue weighted by Crippen LogP contribution is -2.21. The third kappa shape index (κ3) is 8.05. The van der Waals surface area contributed by atoms with Crippen LogP contribution in [0.15, 0.2) is 24.3 Å². The second-order valence-electron chi connectivity index (χ2n) is 8.99. The van der Waals surface area contributed by atoms with Gasteiger partial charge in [-0.05, 0) is 37.0 Å². The molecule has 0 aliphatic heterocycles. The molecule has 0 radical (unpaired) electrons. The van der Waals surface area contributed by atoms with Crippen LogP contribution in [0, 0.1) is 0 Å². The van der Waals surface area contributed by atoms with Gasteiger partial charge < -0.3 is 19.7 Å². The van der Waals surface area contributed by atoms with Crippen LogP contribution >= 0.6 is 11.6 Å². The molecule has 0 saturated heterocycles. The maximum absolute atomic E-state index is 13.5. The van der Waals surface area contributed by atoms with E-state index in [0.29, 0.717) is 49.1 Å². The Morgan fingerprint density at radius 1 is 0.789 bits per heavy atom. The largest absolute Gasteiger partial charge is 0.504 e. The van der Waals surface area contributed by atoms with Crippen LogP contribution in [0.4, 0.5) is 0 Å². The van der Waals surface area contributed by atoms with Crippen molar-refractivity contribution in [1.29, 1.82) is 0 Å². The van der Waals surface area contributed by atoms with Crippen molar-refractivity contribution in [3.05, 3.63) is 51.5 Å². The highest BCUT2D eigenvalue weighted by Gasteiger charge is 2.36. The third-order valence-electron chi connectivity index (χ3n) is 5.89. The number of ether oxygens (including phenoxy) is 2. The predicted molar refractivity (Wildman–Crippen MR) is 143 cm³/mol. The summed E-state index contributed by atoms with van der Waals surface area (Å²) in [6.45, 7) is 5.37. The lowest BCUT2D eigenvalue weighted by atomic mass is 9.90. The third-order valence-corrected chi connectivity index (χ3v) is 6.12. The number of benzene rings is 2. The van der Waals surface area contributed by atoms with Gasteiger partial charge in [-0.25, -0.2) is 4.79 Å². The molecule has 0 heterocycles. The van der Waals surface area contributed by atoms with E-state index in [0.717, 1.165) is 0 Å². The number of phenolic OH excluding ortho intramolecular Hbond substituents is 2. The van der Waals surface area contributed by atoms with Gasteiger partial charge in [-0.1, -0.05) is 63.8 Å². The zero-order chi connectivity index (χ0) is 28.2. The highest BCUT2D eigenvalue weighted by Crippen LogP contribution is 2.46. The van der Waals surface area contributed by atoms with Crippen molar-refractivity contribution in [3.8, 4) is 17.2 Å². The monoisotopic (exact) mass is 546 g/mol. The Hall–Kier alpha value is -3.39. The Balaban J connectivity index is 2.73. The van der Waals surface area contributed by atoms with E-state index in [1.54, 1.807) is 24.3 Å². The number of carbonyl (C=O) groups excluding carboxylic acids is 4. The first-order valence-corrected chi connectivity index (χ1v) is 13.3. The summed E-state index contributed by atoms with van der Waals surface area (Å²) in [7, 11) is 0. The van der Waals surface area contributed by atoms with E-state index < -0.39 is 57.4 Å². The average molecular weight is 547 g/mol. The van der Waals surface area contributed by atoms with Gasteiger partial charge in [0.1, 0.15) is 6.61 Å². The summed E-state index contributed by atoms with van der Waals surface area (Å²) < 4.78 is 10.8. The second kappa shape index (κ2) is 15.1. The van der Waals surface area contributed by atoms with E-state index in [1.807, 2.05) is 20.8 Å². The Kier molecular flexibility index (Phi) is 12.3.